The van der Waals surface area contributed by atoms with Crippen LogP contribution in [0.5, 0.6) is 0 Å². The van der Waals surface area contributed by atoms with E-state index in [0.29, 0.717) is 0 Å². The zero-order valence-corrected chi connectivity index (χ0v) is 11.2. The third-order valence-corrected chi connectivity index (χ3v) is 4.34. The molecular formula is C15H28N2. The van der Waals surface area contributed by atoms with E-state index in [1.165, 1.54) is 71.0 Å². The second-order valence-corrected chi connectivity index (χ2v) is 5.65. The van der Waals surface area contributed by atoms with Crippen molar-refractivity contribution in [2.24, 2.45) is 0 Å². The number of hydrogen-bond acceptors (Lipinski definition) is 2. The average molecular weight is 236 g/mol. The van der Waals surface area contributed by atoms with Gasteiger partial charge in [0.1, 0.15) is 0 Å². The van der Waals surface area contributed by atoms with Crippen LogP contribution in [0, 0.1) is 0 Å². The SMILES string of the molecule is C=CCCCCCNC1CCN2CCCC2C1. The molecule has 2 rings (SSSR count). The van der Waals surface area contributed by atoms with Crippen LogP contribution in [-0.4, -0.2) is 36.6 Å². The number of nitrogens with zero attached hydrogens (tertiary/aromatic N) is 1. The van der Waals surface area contributed by atoms with Gasteiger partial charge in [0.2, 0.25) is 0 Å². The van der Waals surface area contributed by atoms with Crippen LogP contribution in [0.3, 0.4) is 0 Å². The first-order valence-corrected chi connectivity index (χ1v) is 7.48. The summed E-state index contributed by atoms with van der Waals surface area (Å²) in [6.07, 6.45) is 12.8. The van der Waals surface area contributed by atoms with Crippen molar-refractivity contribution in [3.05, 3.63) is 12.7 Å². The Morgan fingerprint density at radius 3 is 3.00 bits per heavy atom. The molecule has 0 bridgehead atoms. The second kappa shape index (κ2) is 7.17. The van der Waals surface area contributed by atoms with Gasteiger partial charge in [0.25, 0.3) is 0 Å². The Morgan fingerprint density at radius 2 is 2.12 bits per heavy atom. The summed E-state index contributed by atoms with van der Waals surface area (Å²) in [6.45, 7) is 7.67. The van der Waals surface area contributed by atoms with Crippen LogP contribution in [0.25, 0.3) is 0 Å². The summed E-state index contributed by atoms with van der Waals surface area (Å²) in [6, 6.07) is 1.70. The molecule has 98 valence electrons. The standard InChI is InChI=1S/C15H28N2/c1-2-3-4-5-6-10-16-14-9-12-17-11-7-8-15(17)13-14/h2,14-16H,1,3-13H2. The molecule has 2 atom stereocenters. The van der Waals surface area contributed by atoms with Gasteiger partial charge in [-0.3, -0.25) is 0 Å². The van der Waals surface area contributed by atoms with Gasteiger partial charge >= 0.3 is 0 Å². The number of rotatable bonds is 7. The van der Waals surface area contributed by atoms with Crippen LogP contribution in [0.15, 0.2) is 12.7 Å². The topological polar surface area (TPSA) is 15.3 Å². The van der Waals surface area contributed by atoms with E-state index in [9.17, 15) is 0 Å². The fraction of sp³-hybridized carbons (Fsp3) is 0.867. The van der Waals surface area contributed by atoms with Crippen molar-refractivity contribution < 1.29 is 0 Å². The summed E-state index contributed by atoms with van der Waals surface area (Å²) >= 11 is 0. The maximum Gasteiger partial charge on any atom is 0.0111 e. The Bertz CT molecular complexity index is 227. The largest absolute Gasteiger partial charge is 0.314 e. The highest BCUT2D eigenvalue weighted by atomic mass is 15.2. The summed E-state index contributed by atoms with van der Waals surface area (Å²) in [4.78, 5) is 2.70. The third kappa shape index (κ3) is 4.11. The summed E-state index contributed by atoms with van der Waals surface area (Å²) in [5.41, 5.74) is 0. The second-order valence-electron chi connectivity index (χ2n) is 5.65. The molecule has 1 N–H and O–H groups in total. The van der Waals surface area contributed by atoms with Crippen LogP contribution < -0.4 is 5.32 Å². The Hall–Kier alpha value is -0.340. The lowest BCUT2D eigenvalue weighted by atomic mass is 9.97. The van der Waals surface area contributed by atoms with Gasteiger partial charge in [0.15, 0.2) is 0 Å². The molecule has 0 amide bonds. The van der Waals surface area contributed by atoms with Gasteiger partial charge in [0.05, 0.1) is 0 Å². The number of nitrogens with one attached hydrogen (secondary N) is 1. The van der Waals surface area contributed by atoms with Crippen molar-refractivity contribution in [1.29, 1.82) is 0 Å². The minimum atomic E-state index is 0.800. The minimum Gasteiger partial charge on any atom is -0.314 e. The summed E-state index contributed by atoms with van der Waals surface area (Å²) < 4.78 is 0. The van der Waals surface area contributed by atoms with E-state index in [-0.39, 0.29) is 0 Å². The Kier molecular flexibility index (Phi) is 5.53. The summed E-state index contributed by atoms with van der Waals surface area (Å²) in [5.74, 6) is 0. The third-order valence-electron chi connectivity index (χ3n) is 4.34. The van der Waals surface area contributed by atoms with Gasteiger partial charge in [-0.05, 0) is 64.6 Å². The average Bonchev–Trinajstić information content (AvgIpc) is 2.81. The highest BCUT2D eigenvalue weighted by Crippen LogP contribution is 2.26. The van der Waals surface area contributed by atoms with Crippen LogP contribution in [0.1, 0.15) is 51.4 Å². The van der Waals surface area contributed by atoms with Crippen molar-refractivity contribution in [2.45, 2.75) is 63.5 Å². The van der Waals surface area contributed by atoms with Crippen molar-refractivity contribution in [1.82, 2.24) is 10.2 Å². The predicted octanol–water partition coefficient (Wildman–Crippen LogP) is 2.95. The van der Waals surface area contributed by atoms with E-state index in [1.54, 1.807) is 0 Å². The highest BCUT2D eigenvalue weighted by molar-refractivity contribution is 4.89. The van der Waals surface area contributed by atoms with E-state index < -0.39 is 0 Å². The number of fused-ring (bicyclic) bond motifs is 1. The molecule has 2 fully saturated rings. The Morgan fingerprint density at radius 1 is 1.18 bits per heavy atom. The molecule has 0 aromatic heterocycles. The Balaban J connectivity index is 1.53. The van der Waals surface area contributed by atoms with Crippen molar-refractivity contribution in [2.75, 3.05) is 19.6 Å². The van der Waals surface area contributed by atoms with Gasteiger partial charge in [-0.2, -0.15) is 0 Å². The molecule has 2 aliphatic heterocycles. The van der Waals surface area contributed by atoms with Crippen molar-refractivity contribution >= 4 is 0 Å². The van der Waals surface area contributed by atoms with E-state index in [4.69, 9.17) is 0 Å². The quantitative estimate of drug-likeness (QED) is 0.540. The monoisotopic (exact) mass is 236 g/mol. The predicted molar refractivity (Wildman–Crippen MR) is 74.3 cm³/mol. The molecule has 2 unspecified atom stereocenters. The zero-order chi connectivity index (χ0) is 11.9. The normalized spacial score (nSPS) is 29.2. The molecule has 0 aromatic rings. The summed E-state index contributed by atoms with van der Waals surface area (Å²) in [5, 5.41) is 3.76. The first kappa shape index (κ1) is 13.1. The fourth-order valence-electron chi connectivity index (χ4n) is 3.31. The smallest absolute Gasteiger partial charge is 0.0111 e. The lowest BCUT2D eigenvalue weighted by molar-refractivity contribution is 0.167. The number of unbranched alkanes of at least 4 members (excludes halogenated alkanes) is 3. The molecule has 0 spiro atoms. The number of piperidine rings is 1. The molecular weight excluding hydrogens is 208 g/mol. The molecule has 0 saturated carbocycles. The van der Waals surface area contributed by atoms with Crippen LogP contribution >= 0.6 is 0 Å². The first-order valence-electron chi connectivity index (χ1n) is 7.48. The van der Waals surface area contributed by atoms with Crippen molar-refractivity contribution in [3.8, 4) is 0 Å². The maximum absolute atomic E-state index is 3.76. The molecule has 2 heterocycles. The van der Waals surface area contributed by atoms with E-state index in [2.05, 4.69) is 16.8 Å². The van der Waals surface area contributed by atoms with E-state index >= 15 is 0 Å². The molecule has 0 radical (unpaired) electrons. The van der Waals surface area contributed by atoms with Gasteiger partial charge < -0.3 is 10.2 Å². The van der Waals surface area contributed by atoms with Gasteiger partial charge in [-0.15, -0.1) is 6.58 Å². The Labute approximate surface area is 106 Å². The van der Waals surface area contributed by atoms with Crippen molar-refractivity contribution in [3.63, 3.8) is 0 Å². The van der Waals surface area contributed by atoms with Crippen LogP contribution in [-0.2, 0) is 0 Å². The number of allylic oxidation sites excluding steroid dienone is 1. The van der Waals surface area contributed by atoms with Gasteiger partial charge in [0, 0.05) is 12.1 Å². The lowest BCUT2D eigenvalue weighted by Gasteiger charge is -2.35. The molecule has 2 nitrogen and oxygen atoms in total. The van der Waals surface area contributed by atoms with E-state index in [0.717, 1.165) is 12.1 Å². The minimum absolute atomic E-state index is 0.800. The lowest BCUT2D eigenvalue weighted by Crippen LogP contribution is -2.45. The number of hydrogen-bond donors (Lipinski definition) is 1. The fourth-order valence-corrected chi connectivity index (χ4v) is 3.31. The summed E-state index contributed by atoms with van der Waals surface area (Å²) in [7, 11) is 0. The molecule has 0 aliphatic carbocycles. The molecule has 2 aliphatic rings. The van der Waals surface area contributed by atoms with Crippen LogP contribution in [0.2, 0.25) is 0 Å². The van der Waals surface area contributed by atoms with Crippen LogP contribution in [0.4, 0.5) is 0 Å². The van der Waals surface area contributed by atoms with Gasteiger partial charge in [-0.25, -0.2) is 0 Å². The molecule has 2 heteroatoms. The van der Waals surface area contributed by atoms with E-state index in [1.807, 2.05) is 6.08 Å². The van der Waals surface area contributed by atoms with Gasteiger partial charge in [-0.1, -0.05) is 12.5 Å². The molecule has 0 aromatic carbocycles. The molecule has 17 heavy (non-hydrogen) atoms. The maximum atomic E-state index is 3.76. The highest BCUT2D eigenvalue weighted by Gasteiger charge is 2.31. The zero-order valence-electron chi connectivity index (χ0n) is 11.2. The molecule has 2 saturated heterocycles. The first-order chi connectivity index (χ1) is 8.40.